The molecule has 24 heavy (non-hydrogen) atoms. The predicted molar refractivity (Wildman–Crippen MR) is 96.2 cm³/mol. The Bertz CT molecular complexity index is 551. The van der Waals surface area contributed by atoms with Crippen molar-refractivity contribution in [2.75, 3.05) is 40.4 Å². The van der Waals surface area contributed by atoms with Gasteiger partial charge in [0.15, 0.2) is 5.96 Å². The molecule has 0 spiro atoms. The minimum Gasteiger partial charge on any atom is -0.381 e. The van der Waals surface area contributed by atoms with Crippen LogP contribution in [0.5, 0.6) is 0 Å². The fourth-order valence-corrected chi connectivity index (χ4v) is 2.74. The van der Waals surface area contributed by atoms with E-state index in [0.717, 1.165) is 44.2 Å². The third kappa shape index (κ3) is 5.23. The van der Waals surface area contributed by atoms with Crippen LogP contribution in [0.2, 0.25) is 0 Å². The zero-order valence-electron chi connectivity index (χ0n) is 14.8. The summed E-state index contributed by atoms with van der Waals surface area (Å²) >= 11 is 0. The molecule has 1 aromatic rings. The van der Waals surface area contributed by atoms with Crippen LogP contribution in [-0.2, 0) is 11.3 Å². The lowest BCUT2D eigenvalue weighted by molar-refractivity contribution is 0.0963. The molecule has 132 valence electrons. The van der Waals surface area contributed by atoms with Gasteiger partial charge in [0, 0.05) is 45.3 Å². The number of nitrogens with one attached hydrogen (secondary N) is 2. The highest BCUT2D eigenvalue weighted by atomic mass is 16.5. The van der Waals surface area contributed by atoms with Gasteiger partial charge in [-0.2, -0.15) is 0 Å². The van der Waals surface area contributed by atoms with Gasteiger partial charge in [-0.1, -0.05) is 12.1 Å². The van der Waals surface area contributed by atoms with Crippen LogP contribution in [0, 0.1) is 5.92 Å². The SMILES string of the molecule is CCNC(=NCc1ccc(C(=O)NC)cc1)N(C)CC1CCOC1. The Kier molecular flexibility index (Phi) is 7.06. The number of benzene rings is 1. The summed E-state index contributed by atoms with van der Waals surface area (Å²) in [4.78, 5) is 18.4. The average molecular weight is 332 g/mol. The summed E-state index contributed by atoms with van der Waals surface area (Å²) in [6, 6.07) is 7.55. The molecule has 1 aliphatic rings. The van der Waals surface area contributed by atoms with E-state index in [1.54, 1.807) is 7.05 Å². The van der Waals surface area contributed by atoms with Crippen LogP contribution in [0.3, 0.4) is 0 Å². The van der Waals surface area contributed by atoms with Crippen LogP contribution in [0.25, 0.3) is 0 Å². The number of amides is 1. The van der Waals surface area contributed by atoms with Gasteiger partial charge in [0.25, 0.3) is 5.91 Å². The number of hydrogen-bond acceptors (Lipinski definition) is 3. The summed E-state index contributed by atoms with van der Waals surface area (Å²) in [5.41, 5.74) is 1.74. The Morgan fingerprint density at radius 1 is 1.38 bits per heavy atom. The lowest BCUT2D eigenvalue weighted by Crippen LogP contribution is -2.41. The van der Waals surface area contributed by atoms with Crippen molar-refractivity contribution in [3.63, 3.8) is 0 Å². The van der Waals surface area contributed by atoms with E-state index in [1.807, 2.05) is 24.3 Å². The molecule has 1 unspecified atom stereocenters. The van der Waals surface area contributed by atoms with E-state index in [2.05, 4.69) is 29.5 Å². The molecule has 1 amide bonds. The molecule has 1 aromatic carbocycles. The van der Waals surface area contributed by atoms with Crippen molar-refractivity contribution >= 4 is 11.9 Å². The van der Waals surface area contributed by atoms with Crippen LogP contribution >= 0.6 is 0 Å². The summed E-state index contributed by atoms with van der Waals surface area (Å²) in [7, 11) is 3.70. The molecule has 1 heterocycles. The van der Waals surface area contributed by atoms with Gasteiger partial charge in [0.2, 0.25) is 0 Å². The molecule has 6 heteroatoms. The van der Waals surface area contributed by atoms with Gasteiger partial charge >= 0.3 is 0 Å². The molecule has 6 nitrogen and oxygen atoms in total. The van der Waals surface area contributed by atoms with E-state index < -0.39 is 0 Å². The second-order valence-corrected chi connectivity index (χ2v) is 6.06. The number of aliphatic imine (C=N–C) groups is 1. The van der Waals surface area contributed by atoms with Crippen molar-refractivity contribution in [2.24, 2.45) is 10.9 Å². The van der Waals surface area contributed by atoms with Crippen molar-refractivity contribution in [2.45, 2.75) is 19.9 Å². The second-order valence-electron chi connectivity index (χ2n) is 6.06. The van der Waals surface area contributed by atoms with Gasteiger partial charge in [-0.05, 0) is 31.0 Å². The standard InChI is InChI=1S/C18H28N4O2/c1-4-20-18(22(3)12-15-9-10-24-13-15)21-11-14-5-7-16(8-6-14)17(23)19-2/h5-8,15H,4,9-13H2,1-3H3,(H,19,23)(H,20,21). The van der Waals surface area contributed by atoms with E-state index in [9.17, 15) is 4.79 Å². The highest BCUT2D eigenvalue weighted by Gasteiger charge is 2.19. The first-order chi connectivity index (χ1) is 11.6. The van der Waals surface area contributed by atoms with Crippen LogP contribution in [0.15, 0.2) is 29.3 Å². The minimum absolute atomic E-state index is 0.0723. The van der Waals surface area contributed by atoms with E-state index in [0.29, 0.717) is 18.0 Å². The number of carbonyl (C=O) groups excluding carboxylic acids is 1. The maximum atomic E-state index is 11.6. The first-order valence-electron chi connectivity index (χ1n) is 8.52. The fourth-order valence-electron chi connectivity index (χ4n) is 2.74. The molecule has 0 saturated carbocycles. The summed E-state index contributed by atoms with van der Waals surface area (Å²) in [5, 5.41) is 5.96. The van der Waals surface area contributed by atoms with E-state index in [-0.39, 0.29) is 5.91 Å². The predicted octanol–water partition coefficient (Wildman–Crippen LogP) is 1.48. The Labute approximate surface area is 144 Å². The largest absolute Gasteiger partial charge is 0.381 e. The Morgan fingerprint density at radius 2 is 2.12 bits per heavy atom. The molecule has 2 rings (SSSR count). The summed E-state index contributed by atoms with van der Waals surface area (Å²) in [6.45, 7) is 6.14. The van der Waals surface area contributed by atoms with Crippen molar-refractivity contribution in [3.05, 3.63) is 35.4 Å². The molecule has 2 N–H and O–H groups in total. The lowest BCUT2D eigenvalue weighted by atomic mass is 10.1. The lowest BCUT2D eigenvalue weighted by Gasteiger charge is -2.24. The monoisotopic (exact) mass is 332 g/mol. The third-order valence-electron chi connectivity index (χ3n) is 4.11. The number of rotatable bonds is 6. The number of hydrogen-bond donors (Lipinski definition) is 2. The quantitative estimate of drug-likeness (QED) is 0.612. The molecule has 0 radical (unpaired) electrons. The van der Waals surface area contributed by atoms with E-state index >= 15 is 0 Å². The highest BCUT2D eigenvalue weighted by Crippen LogP contribution is 2.13. The van der Waals surface area contributed by atoms with Gasteiger partial charge in [0.1, 0.15) is 0 Å². The van der Waals surface area contributed by atoms with Crippen molar-refractivity contribution in [3.8, 4) is 0 Å². The summed E-state index contributed by atoms with van der Waals surface area (Å²) < 4.78 is 5.45. The minimum atomic E-state index is -0.0723. The summed E-state index contributed by atoms with van der Waals surface area (Å²) in [6.07, 6.45) is 1.12. The molecule has 0 bridgehead atoms. The van der Waals surface area contributed by atoms with E-state index in [1.165, 1.54) is 0 Å². The van der Waals surface area contributed by atoms with Gasteiger partial charge in [-0.3, -0.25) is 4.79 Å². The van der Waals surface area contributed by atoms with Crippen LogP contribution in [0.1, 0.15) is 29.3 Å². The number of carbonyl (C=O) groups is 1. The van der Waals surface area contributed by atoms with Gasteiger partial charge < -0.3 is 20.3 Å². The molecule has 1 saturated heterocycles. The molecule has 1 atom stereocenters. The molecule has 1 aliphatic heterocycles. The first-order valence-corrected chi connectivity index (χ1v) is 8.52. The fraction of sp³-hybridized carbons (Fsp3) is 0.556. The molecule has 0 aliphatic carbocycles. The maximum absolute atomic E-state index is 11.6. The maximum Gasteiger partial charge on any atom is 0.251 e. The zero-order chi connectivity index (χ0) is 17.4. The third-order valence-corrected chi connectivity index (χ3v) is 4.11. The second kappa shape index (κ2) is 9.27. The molecule has 1 fully saturated rings. The van der Waals surface area contributed by atoms with Crippen LogP contribution in [-0.4, -0.2) is 57.2 Å². The molecular formula is C18H28N4O2. The number of ether oxygens (including phenoxy) is 1. The van der Waals surface area contributed by atoms with Crippen molar-refractivity contribution in [1.29, 1.82) is 0 Å². The highest BCUT2D eigenvalue weighted by molar-refractivity contribution is 5.93. The van der Waals surface area contributed by atoms with Gasteiger partial charge in [-0.25, -0.2) is 4.99 Å². The van der Waals surface area contributed by atoms with Crippen LogP contribution in [0.4, 0.5) is 0 Å². The Hall–Kier alpha value is -2.08. The smallest absolute Gasteiger partial charge is 0.251 e. The first kappa shape index (κ1) is 18.3. The topological polar surface area (TPSA) is 66.0 Å². The van der Waals surface area contributed by atoms with Gasteiger partial charge in [0.05, 0.1) is 13.2 Å². The van der Waals surface area contributed by atoms with Crippen molar-refractivity contribution < 1.29 is 9.53 Å². The van der Waals surface area contributed by atoms with Crippen LogP contribution < -0.4 is 10.6 Å². The number of nitrogens with zero attached hydrogens (tertiary/aromatic N) is 2. The Morgan fingerprint density at radius 3 is 2.71 bits per heavy atom. The zero-order valence-corrected chi connectivity index (χ0v) is 14.8. The van der Waals surface area contributed by atoms with Crippen molar-refractivity contribution in [1.82, 2.24) is 15.5 Å². The molecular weight excluding hydrogens is 304 g/mol. The average Bonchev–Trinajstić information content (AvgIpc) is 3.11. The van der Waals surface area contributed by atoms with Gasteiger partial charge in [-0.15, -0.1) is 0 Å². The normalized spacial score (nSPS) is 17.6. The number of guanidine groups is 1. The molecule has 0 aromatic heterocycles. The Balaban J connectivity index is 1.97. The van der Waals surface area contributed by atoms with E-state index in [4.69, 9.17) is 9.73 Å². The summed E-state index contributed by atoms with van der Waals surface area (Å²) in [5.74, 6) is 1.40.